The summed E-state index contributed by atoms with van der Waals surface area (Å²) in [6.07, 6.45) is 27.1. The number of amides is 4. The molecule has 12 aromatic heterocycles. The smallest absolute Gasteiger partial charge is 0.254 e. The zero-order valence-electron chi connectivity index (χ0n) is 84.2. The van der Waals surface area contributed by atoms with Crippen molar-refractivity contribution in [2.45, 2.75) is 177 Å². The molecule has 2 bridgehead atoms. The fourth-order valence-corrected chi connectivity index (χ4v) is 24.5. The number of nitrogens with zero attached hydrogens (tertiary/aromatic N) is 21. The van der Waals surface area contributed by atoms with Gasteiger partial charge in [-0.05, 0) is 254 Å². The molecular weight excluding hydrogens is 1840 g/mol. The molecule has 34 heteroatoms. The Kier molecular flexibility index (Phi) is 24.1. The van der Waals surface area contributed by atoms with Crippen molar-refractivity contribution in [2.75, 3.05) is 80.9 Å². The van der Waals surface area contributed by atoms with Crippen LogP contribution in [0.15, 0.2) is 146 Å². The van der Waals surface area contributed by atoms with Crippen LogP contribution in [-0.2, 0) is 59.1 Å². The summed E-state index contributed by atoms with van der Waals surface area (Å²) in [4.78, 5) is 100. The van der Waals surface area contributed by atoms with Crippen molar-refractivity contribution in [3.05, 3.63) is 168 Å². The molecule has 3 unspecified atom stereocenters. The monoisotopic (exact) mass is 1970 g/mol. The summed E-state index contributed by atoms with van der Waals surface area (Å²) in [5, 5.41) is 24.9. The van der Waals surface area contributed by atoms with E-state index in [0.717, 1.165) is 234 Å². The average molecular weight is 1970 g/mol. The van der Waals surface area contributed by atoms with E-state index in [-0.39, 0.29) is 60.8 Å². The van der Waals surface area contributed by atoms with Crippen LogP contribution in [0.3, 0.4) is 0 Å². The summed E-state index contributed by atoms with van der Waals surface area (Å²) in [5.41, 5.74) is 34.0. The van der Waals surface area contributed by atoms with Crippen molar-refractivity contribution in [1.29, 1.82) is 5.26 Å². The zero-order chi connectivity index (χ0) is 100. The number of piperidine rings is 3. The second-order valence-corrected chi connectivity index (χ2v) is 43.0. The number of nitrogens with two attached hydrogens (primary N) is 3. The third-order valence-electron chi connectivity index (χ3n) is 33.2. The Hall–Kier alpha value is -14.1. The molecule has 5 aliphatic heterocycles. The van der Waals surface area contributed by atoms with E-state index in [0.29, 0.717) is 117 Å². The minimum absolute atomic E-state index is 0.0205. The van der Waals surface area contributed by atoms with Crippen molar-refractivity contribution in [1.82, 2.24) is 96.0 Å². The molecule has 4 amide bonds. The maximum atomic E-state index is 13.6. The maximum absolute atomic E-state index is 13.6. The van der Waals surface area contributed by atoms with Gasteiger partial charge in [-0.2, -0.15) is 5.26 Å². The predicted octanol–water partition coefficient (Wildman–Crippen LogP) is 15.0. The number of carbonyl (C=O) groups is 4. The molecule has 6 saturated carbocycles. The first-order chi connectivity index (χ1) is 70.9. The Bertz CT molecular complexity index is 7910. The van der Waals surface area contributed by atoms with Gasteiger partial charge in [0.2, 0.25) is 0 Å². The second-order valence-electron chi connectivity index (χ2n) is 43.0. The van der Waals surface area contributed by atoms with E-state index in [1.165, 1.54) is 51.4 Å². The van der Waals surface area contributed by atoms with E-state index in [4.69, 9.17) is 60.8 Å². The van der Waals surface area contributed by atoms with Gasteiger partial charge in [0.1, 0.15) is 73.3 Å². The van der Waals surface area contributed by atoms with E-state index < -0.39 is 11.1 Å². The first-order valence-electron chi connectivity index (χ1n) is 52.1. The minimum atomic E-state index is -1.02. The molecule has 146 heavy (non-hydrogen) atoms. The lowest BCUT2D eigenvalue weighted by Crippen LogP contribution is -2.76. The first-order valence-corrected chi connectivity index (χ1v) is 52.1. The van der Waals surface area contributed by atoms with Crippen molar-refractivity contribution in [3.63, 3.8) is 0 Å². The number of hydrogen-bond acceptors (Lipinski definition) is 22. The van der Waals surface area contributed by atoms with Gasteiger partial charge in [0.15, 0.2) is 23.3 Å². The number of carbonyl (C=O) groups excluding carboxylic acids is 4. The molecule has 34 nitrogen and oxygen atoms in total. The summed E-state index contributed by atoms with van der Waals surface area (Å²) in [6.45, 7) is 8.11. The number of fused-ring (bicyclic) bond motifs is 11. The molecule has 11 aliphatic rings. The summed E-state index contributed by atoms with van der Waals surface area (Å²) >= 11 is 0. The van der Waals surface area contributed by atoms with Crippen LogP contribution in [-0.4, -0.2) is 241 Å². The van der Waals surface area contributed by atoms with E-state index >= 15 is 0 Å². The number of aromatic nitrogens is 16. The molecule has 27 rings (SSSR count). The highest BCUT2D eigenvalue weighted by Crippen LogP contribution is 2.48. The van der Waals surface area contributed by atoms with Gasteiger partial charge in [-0.25, -0.2) is 39.9 Å². The van der Waals surface area contributed by atoms with E-state index in [2.05, 4.69) is 102 Å². The Morgan fingerprint density at radius 1 is 0.438 bits per heavy atom. The number of benzene rings is 4. The van der Waals surface area contributed by atoms with Crippen molar-refractivity contribution in [3.8, 4) is 75.1 Å². The molecule has 11 fully saturated rings. The fourth-order valence-electron chi connectivity index (χ4n) is 24.5. The third kappa shape index (κ3) is 16.9. The van der Waals surface area contributed by atoms with Gasteiger partial charge in [-0.1, -0.05) is 12.8 Å². The van der Waals surface area contributed by atoms with Crippen molar-refractivity contribution >= 4 is 112 Å². The number of pyridine rings is 4. The molecule has 16 aromatic rings. The SMILES string of the molecule is COc1cc(C(=O)N2CC(O)(C3(N)CCCC3)C2)cc2nc(-c3cc4cccnc4n3CC3CC3)n(C)c12.COc1cc(C(=O)N2CC3CCC2C3N)cc2nc(-c3cc4cccnc4n3CC3CC3)n(C)c12.COc1cc(C(=O)N2CC[C@H]3OCCC[C@H]3C2)cc2nc(-c3cc4cccnc4n3CC3CC3)n(C)c12.COc1cc(C(=O)N2C[C@H](N)C[C@@H](C#N)C2)cc2nc(-c3cc4cccnc4n3CC3CC3)n(C)c12. The van der Waals surface area contributed by atoms with Crippen LogP contribution >= 0.6 is 0 Å². The van der Waals surface area contributed by atoms with Crippen LogP contribution in [0.1, 0.15) is 157 Å². The van der Waals surface area contributed by atoms with Gasteiger partial charge in [-0.15, -0.1) is 0 Å². The Morgan fingerprint density at radius 3 is 1.16 bits per heavy atom. The molecular formula is C112H126N24O10. The van der Waals surface area contributed by atoms with E-state index in [1.807, 2.05) is 133 Å². The van der Waals surface area contributed by atoms with E-state index in [9.17, 15) is 29.5 Å². The van der Waals surface area contributed by atoms with Crippen molar-refractivity contribution in [2.24, 2.45) is 86.8 Å². The van der Waals surface area contributed by atoms with Crippen LogP contribution in [0.5, 0.6) is 23.0 Å². The molecule has 7 N–H and O–H groups in total. The van der Waals surface area contributed by atoms with Crippen LogP contribution < -0.4 is 36.1 Å². The summed E-state index contributed by atoms with van der Waals surface area (Å²) < 4.78 is 46.4. The first kappa shape index (κ1) is 94.2. The molecule has 5 saturated heterocycles. The van der Waals surface area contributed by atoms with E-state index in [1.54, 1.807) is 50.4 Å². The zero-order valence-corrected chi connectivity index (χ0v) is 84.2. The summed E-state index contributed by atoms with van der Waals surface area (Å²) in [5.74, 6) is 8.91. The molecule has 4 aromatic carbocycles. The Labute approximate surface area is 844 Å². The number of aryl methyl sites for hydroxylation is 4. The predicted molar refractivity (Wildman–Crippen MR) is 557 cm³/mol. The third-order valence-corrected chi connectivity index (χ3v) is 33.2. The normalized spacial score (nSPS) is 21.5. The molecule has 6 aliphatic carbocycles. The molecule has 17 heterocycles. The maximum Gasteiger partial charge on any atom is 0.254 e. The fraction of sp³-hybridized carbons (Fsp3) is 0.455. The standard InChI is InChI=1S/C29H34N6O3.C29H33N5O3.C27H29N7O2.C27H30N6O2/c1-33-24-21(32-26(33)22-13-19-6-5-11-31-25(19)35(22)15-18-7-8-18)12-20(14-23(24)38-2)27(36)34-16-29(37,17-34)28(30)9-3-4-10-28;1-32-26-22(31-28(32)23-14-19-5-3-10-30-27(19)34(23)16-18-7-8-18)13-21(15-25(26)36-2)29(35)33-11-9-24-20(17-33)6-4-12-37-24;1-32-24-21(9-19(11-23(24)36-2)27(35)33-13-17(12-28)8-20(29)15-33)31-26(32)22-10-18-4-3-7-30-25(18)34(22)14-16-5-6-16;1-31-24-19(10-18(12-22(24)35-2)27(34)33-14-17-7-8-20(33)23(17)28)30-26(31)21-11-16-4-3-9-29-25(16)32(21)13-15-5-6-15/h5-6,11-14,18,37H,3-4,7-10,15-17,30H2,1-2H3;3,5,10,13-15,18,20,24H,4,6-9,11-12,16-17H2,1-2H3;3-4,7,9-11,16-17,20H,5-6,8,13-15,29H2,1-2H3;3-4,9-12,15,17,20,23H,5-8,13-14,28H2,1-2H3/t;20-,24+;17-,20+;/m.00./s1. The highest BCUT2D eigenvalue weighted by atomic mass is 16.5. The number of hydrogen-bond donors (Lipinski definition) is 4. The topological polar surface area (TPSA) is 392 Å². The molecule has 0 radical (unpaired) electrons. The van der Waals surface area contributed by atoms with Gasteiger partial charge in [0, 0.05) is 192 Å². The van der Waals surface area contributed by atoms with Crippen LogP contribution in [0.25, 0.3) is 134 Å². The number of rotatable bonds is 21. The highest BCUT2D eigenvalue weighted by molar-refractivity contribution is 6.05. The van der Waals surface area contributed by atoms with Crippen LogP contribution in [0.2, 0.25) is 0 Å². The van der Waals surface area contributed by atoms with Crippen molar-refractivity contribution < 1.29 is 48.0 Å². The van der Waals surface area contributed by atoms with Gasteiger partial charge in [-0.3, -0.25) is 19.2 Å². The second kappa shape index (κ2) is 37.4. The Morgan fingerprint density at radius 2 is 0.808 bits per heavy atom. The number of β-amino-alcohol motifs (C(OH)–C–C–N with tert-alkyl or cyclic N) is 1. The molecule has 754 valence electrons. The summed E-state index contributed by atoms with van der Waals surface area (Å²) in [7, 11) is 14.5. The van der Waals surface area contributed by atoms with Crippen LogP contribution in [0.4, 0.5) is 0 Å². The summed E-state index contributed by atoms with van der Waals surface area (Å²) in [6, 6.07) is 41.9. The largest absolute Gasteiger partial charge is 0.494 e. The number of imidazole rings is 4. The van der Waals surface area contributed by atoms with Gasteiger partial charge in [0.25, 0.3) is 23.6 Å². The average Bonchev–Trinajstić information content (AvgIpc) is 1.36. The molecule has 7 atom stereocenters. The van der Waals surface area contributed by atoms with Gasteiger partial charge < -0.3 is 102 Å². The lowest BCUT2D eigenvalue weighted by molar-refractivity contribution is -0.128. The number of ether oxygens (including phenoxy) is 5. The Balaban J connectivity index is 0.000000104. The number of aliphatic hydroxyl groups is 1. The minimum Gasteiger partial charge on any atom is -0.494 e. The van der Waals surface area contributed by atoms with Crippen LogP contribution in [0, 0.1) is 52.8 Å². The quantitative estimate of drug-likeness (QED) is 0.0519. The highest BCUT2D eigenvalue weighted by Gasteiger charge is 2.58. The molecule has 0 spiro atoms. The number of likely N-dealkylation sites (tertiary alicyclic amines) is 4. The van der Waals surface area contributed by atoms with Gasteiger partial charge >= 0.3 is 0 Å². The lowest BCUT2D eigenvalue weighted by atomic mass is 9.73. The number of nitriles is 1. The lowest BCUT2D eigenvalue weighted by Gasteiger charge is -2.54. The van der Waals surface area contributed by atoms with Gasteiger partial charge in [0.05, 0.1) is 104 Å². The number of methoxy groups -OCH3 is 4.